The lowest BCUT2D eigenvalue weighted by atomic mass is 9.72. The number of rotatable bonds is 4. The number of hydrogen-bond donors (Lipinski definition) is 2. The Bertz CT molecular complexity index is 952. The maximum Gasteiger partial charge on any atom is 0.224 e. The van der Waals surface area contributed by atoms with E-state index in [9.17, 15) is 9.90 Å². The maximum absolute atomic E-state index is 13.3. The molecule has 5 rings (SSSR count). The van der Waals surface area contributed by atoms with Crippen molar-refractivity contribution in [1.82, 2.24) is 14.8 Å². The number of likely N-dealkylation sites (tertiary alicyclic amines) is 1. The summed E-state index contributed by atoms with van der Waals surface area (Å²) in [6.45, 7) is 7.29. The van der Waals surface area contributed by atoms with E-state index in [4.69, 9.17) is 0 Å². The van der Waals surface area contributed by atoms with Gasteiger partial charge in [0.15, 0.2) is 0 Å². The molecule has 0 radical (unpaired) electrons. The largest absolute Gasteiger partial charge is 0.393 e. The molecule has 2 N–H and O–H groups in total. The van der Waals surface area contributed by atoms with Crippen molar-refractivity contribution in [3.8, 4) is 0 Å². The van der Waals surface area contributed by atoms with Gasteiger partial charge in [0.1, 0.15) is 0 Å². The van der Waals surface area contributed by atoms with Gasteiger partial charge in [-0.1, -0.05) is 19.1 Å². The topological polar surface area (TPSA) is 57.5 Å². The van der Waals surface area contributed by atoms with Gasteiger partial charge in [-0.15, -0.1) is 0 Å². The zero-order valence-electron chi connectivity index (χ0n) is 19.0. The second-order valence-electron chi connectivity index (χ2n) is 9.95. The SMILES string of the molecule is CCN1C[C@H](C(=O)N[C@H]2CCC[C@@H](O)CC2)C[C@@H]2c3cccc4c3c(cn4CC)C[C@H]21. The summed E-state index contributed by atoms with van der Waals surface area (Å²) in [6, 6.07) is 7.47. The van der Waals surface area contributed by atoms with Crippen LogP contribution in [0.2, 0.25) is 0 Å². The van der Waals surface area contributed by atoms with Crippen molar-refractivity contribution in [3.63, 3.8) is 0 Å². The van der Waals surface area contributed by atoms with Crippen LogP contribution in [0, 0.1) is 5.92 Å². The zero-order chi connectivity index (χ0) is 21.5. The third-order valence-electron chi connectivity index (χ3n) is 8.17. The van der Waals surface area contributed by atoms with Gasteiger partial charge in [0.25, 0.3) is 0 Å². The molecule has 2 aromatic rings. The number of aryl methyl sites for hydroxylation is 1. The average Bonchev–Trinajstić information content (AvgIpc) is 3.02. The average molecular weight is 424 g/mol. The Morgan fingerprint density at radius 1 is 1.16 bits per heavy atom. The molecule has 5 heteroatoms. The van der Waals surface area contributed by atoms with Crippen molar-refractivity contribution in [2.24, 2.45) is 5.92 Å². The smallest absolute Gasteiger partial charge is 0.224 e. The summed E-state index contributed by atoms with van der Waals surface area (Å²) in [6.07, 6.45) is 8.77. The Morgan fingerprint density at radius 2 is 2.03 bits per heavy atom. The normalized spacial score (nSPS) is 31.3. The fourth-order valence-electron chi connectivity index (χ4n) is 6.54. The van der Waals surface area contributed by atoms with Gasteiger partial charge in [-0.2, -0.15) is 0 Å². The van der Waals surface area contributed by atoms with E-state index in [0.29, 0.717) is 12.0 Å². The van der Waals surface area contributed by atoms with E-state index in [-0.39, 0.29) is 24.0 Å². The molecular weight excluding hydrogens is 386 g/mol. The Morgan fingerprint density at radius 3 is 2.84 bits per heavy atom. The Hall–Kier alpha value is -1.85. The molecule has 0 unspecified atom stereocenters. The van der Waals surface area contributed by atoms with Crippen LogP contribution >= 0.6 is 0 Å². The molecule has 0 bridgehead atoms. The van der Waals surface area contributed by atoms with Crippen molar-refractivity contribution in [2.75, 3.05) is 13.1 Å². The minimum atomic E-state index is -0.194. The highest BCUT2D eigenvalue weighted by Crippen LogP contribution is 2.45. The minimum Gasteiger partial charge on any atom is -0.393 e. The lowest BCUT2D eigenvalue weighted by Gasteiger charge is -2.46. The van der Waals surface area contributed by atoms with E-state index in [0.717, 1.165) is 64.6 Å². The molecule has 5 nitrogen and oxygen atoms in total. The molecule has 1 aromatic heterocycles. The molecule has 3 aliphatic rings. The van der Waals surface area contributed by atoms with E-state index in [1.54, 1.807) is 0 Å². The van der Waals surface area contributed by atoms with Gasteiger partial charge >= 0.3 is 0 Å². The summed E-state index contributed by atoms with van der Waals surface area (Å²) in [7, 11) is 0. The van der Waals surface area contributed by atoms with E-state index in [2.05, 4.69) is 53.0 Å². The van der Waals surface area contributed by atoms with E-state index in [1.165, 1.54) is 22.0 Å². The summed E-state index contributed by atoms with van der Waals surface area (Å²) in [4.78, 5) is 15.9. The molecule has 1 aromatic carbocycles. The predicted octanol–water partition coefficient (Wildman–Crippen LogP) is 3.82. The number of carbonyl (C=O) groups is 1. The van der Waals surface area contributed by atoms with Crippen molar-refractivity contribution in [3.05, 3.63) is 35.5 Å². The highest BCUT2D eigenvalue weighted by Gasteiger charge is 2.42. The van der Waals surface area contributed by atoms with Crippen LogP contribution in [0.4, 0.5) is 0 Å². The van der Waals surface area contributed by atoms with Crippen molar-refractivity contribution < 1.29 is 9.90 Å². The standard InChI is InChI=1S/C26H37N3O2/c1-3-28-15-17-14-24-22(21-9-6-10-23(28)25(17)21)13-18(16-29(24)4-2)26(31)27-19-7-5-8-20(30)12-11-19/h6,9-10,15,18-20,22,24,30H,3-5,7-8,11-14,16H2,1-2H3,(H,27,31)/t18-,19+,20-,22-,24-/m1/s1. The first-order chi connectivity index (χ1) is 15.1. The molecule has 2 aliphatic carbocycles. The highest BCUT2D eigenvalue weighted by atomic mass is 16.3. The van der Waals surface area contributed by atoms with Gasteiger partial charge < -0.3 is 15.0 Å². The van der Waals surface area contributed by atoms with Crippen LogP contribution in [0.15, 0.2) is 24.4 Å². The first-order valence-electron chi connectivity index (χ1n) is 12.4. The fraction of sp³-hybridized carbons (Fsp3) is 0.654. The summed E-state index contributed by atoms with van der Waals surface area (Å²) in [5.41, 5.74) is 4.27. The van der Waals surface area contributed by atoms with Gasteiger partial charge in [-0.05, 0) is 75.6 Å². The molecule has 2 fully saturated rings. The molecule has 1 saturated heterocycles. The third-order valence-corrected chi connectivity index (χ3v) is 8.17. The number of fused-ring (bicyclic) bond motifs is 2. The Balaban J connectivity index is 1.39. The highest BCUT2D eigenvalue weighted by molar-refractivity contribution is 5.89. The lowest BCUT2D eigenvalue weighted by Crippen LogP contribution is -2.53. The zero-order valence-corrected chi connectivity index (χ0v) is 19.0. The second kappa shape index (κ2) is 8.59. The number of amides is 1. The number of carbonyl (C=O) groups excluding carboxylic acids is 1. The van der Waals surface area contributed by atoms with Crippen LogP contribution < -0.4 is 5.32 Å². The molecule has 1 aliphatic heterocycles. The number of nitrogens with zero attached hydrogens (tertiary/aromatic N) is 2. The van der Waals surface area contributed by atoms with E-state index >= 15 is 0 Å². The molecule has 0 spiro atoms. The lowest BCUT2D eigenvalue weighted by molar-refractivity contribution is -0.128. The summed E-state index contributed by atoms with van der Waals surface area (Å²) >= 11 is 0. The Labute approximate surface area is 185 Å². The number of hydrogen-bond acceptors (Lipinski definition) is 3. The monoisotopic (exact) mass is 423 g/mol. The fourth-order valence-corrected chi connectivity index (χ4v) is 6.54. The number of aliphatic hydroxyl groups excluding tert-OH is 1. The minimum absolute atomic E-state index is 0.0412. The number of aliphatic hydroxyl groups is 1. The summed E-state index contributed by atoms with van der Waals surface area (Å²) in [5, 5.41) is 14.7. The molecule has 168 valence electrons. The first-order valence-corrected chi connectivity index (χ1v) is 12.4. The number of aromatic nitrogens is 1. The molecule has 1 amide bonds. The van der Waals surface area contributed by atoms with Gasteiger partial charge in [0, 0.05) is 48.2 Å². The van der Waals surface area contributed by atoms with E-state index in [1.807, 2.05) is 0 Å². The number of likely N-dealkylation sites (N-methyl/N-ethyl adjacent to an activating group) is 1. The van der Waals surface area contributed by atoms with Crippen LogP contribution in [-0.4, -0.2) is 51.8 Å². The second-order valence-corrected chi connectivity index (χ2v) is 9.95. The van der Waals surface area contributed by atoms with Crippen LogP contribution in [0.5, 0.6) is 0 Å². The van der Waals surface area contributed by atoms with Gasteiger partial charge in [0.2, 0.25) is 5.91 Å². The predicted molar refractivity (Wildman–Crippen MR) is 124 cm³/mol. The van der Waals surface area contributed by atoms with Gasteiger partial charge in [0.05, 0.1) is 12.0 Å². The third kappa shape index (κ3) is 3.80. The van der Waals surface area contributed by atoms with Crippen molar-refractivity contribution in [1.29, 1.82) is 0 Å². The summed E-state index contributed by atoms with van der Waals surface area (Å²) in [5.74, 6) is 0.686. The number of piperidine rings is 1. The van der Waals surface area contributed by atoms with Gasteiger partial charge in [-0.25, -0.2) is 0 Å². The number of nitrogens with one attached hydrogen (secondary N) is 1. The molecule has 5 atom stereocenters. The molecule has 2 heterocycles. The van der Waals surface area contributed by atoms with Crippen molar-refractivity contribution in [2.45, 2.75) is 89.4 Å². The van der Waals surface area contributed by atoms with Gasteiger partial charge in [-0.3, -0.25) is 9.69 Å². The molecular formula is C26H37N3O2. The first kappa shape index (κ1) is 21.0. The molecule has 1 saturated carbocycles. The Kier molecular flexibility index (Phi) is 5.82. The maximum atomic E-state index is 13.3. The van der Waals surface area contributed by atoms with Crippen molar-refractivity contribution >= 4 is 16.8 Å². The van der Waals surface area contributed by atoms with Crippen LogP contribution in [0.3, 0.4) is 0 Å². The quantitative estimate of drug-likeness (QED) is 0.735. The van der Waals surface area contributed by atoms with Crippen LogP contribution in [0.1, 0.15) is 69.4 Å². The molecule has 31 heavy (non-hydrogen) atoms. The number of benzene rings is 1. The van der Waals surface area contributed by atoms with E-state index < -0.39 is 0 Å². The van der Waals surface area contributed by atoms with Crippen LogP contribution in [0.25, 0.3) is 10.9 Å². The van der Waals surface area contributed by atoms with Crippen LogP contribution in [-0.2, 0) is 17.8 Å². The summed E-state index contributed by atoms with van der Waals surface area (Å²) < 4.78 is 2.38.